The first-order valence-electron chi connectivity index (χ1n) is 6.30. The third-order valence-electron chi connectivity index (χ3n) is 2.93. The van der Waals surface area contributed by atoms with E-state index in [1.807, 2.05) is 0 Å². The molecule has 1 fully saturated rings. The molecule has 0 radical (unpaired) electrons. The number of hydrogen-bond donors (Lipinski definition) is 1. The molecule has 0 saturated heterocycles. The zero-order valence-electron chi connectivity index (χ0n) is 10.9. The van der Waals surface area contributed by atoms with Crippen molar-refractivity contribution in [2.75, 3.05) is 25.6 Å². The van der Waals surface area contributed by atoms with Gasteiger partial charge in [-0.1, -0.05) is 0 Å². The fourth-order valence-electron chi connectivity index (χ4n) is 1.69. The van der Waals surface area contributed by atoms with E-state index in [9.17, 15) is 4.39 Å². The third kappa shape index (κ3) is 4.11. The number of hydrogen-bond acceptors (Lipinski definition) is 4. The van der Waals surface area contributed by atoms with E-state index in [0.29, 0.717) is 24.0 Å². The highest BCUT2D eigenvalue weighted by atomic mass is 19.1. The number of ether oxygens (including phenoxy) is 2. The molecule has 0 amide bonds. The molecule has 4 nitrogen and oxygen atoms in total. The van der Waals surface area contributed by atoms with Crippen LogP contribution in [0.1, 0.15) is 12.8 Å². The van der Waals surface area contributed by atoms with Gasteiger partial charge in [0.25, 0.3) is 0 Å². The molecule has 1 aliphatic rings. The summed E-state index contributed by atoms with van der Waals surface area (Å²) in [6, 6.07) is 5.86. The lowest BCUT2D eigenvalue weighted by molar-refractivity contribution is 0.198. The Kier molecular flexibility index (Phi) is 4.58. The second-order valence-electron chi connectivity index (χ2n) is 4.68. The number of rotatable bonds is 7. The number of anilines is 1. The highest BCUT2D eigenvalue weighted by molar-refractivity contribution is 5.57. The van der Waals surface area contributed by atoms with Crippen LogP contribution in [0.15, 0.2) is 18.2 Å². The molecule has 0 aliphatic heterocycles. The van der Waals surface area contributed by atoms with Crippen molar-refractivity contribution in [3.05, 3.63) is 24.0 Å². The van der Waals surface area contributed by atoms with E-state index in [4.69, 9.17) is 14.7 Å². The maximum atomic E-state index is 13.3. The van der Waals surface area contributed by atoms with E-state index in [1.54, 1.807) is 6.07 Å². The SMILES string of the molecule is COCC(C#N)Nc1ccc(F)cc1OCC1CC1. The lowest BCUT2D eigenvalue weighted by Gasteiger charge is -2.16. The summed E-state index contributed by atoms with van der Waals surface area (Å²) >= 11 is 0. The van der Waals surface area contributed by atoms with Crippen LogP contribution < -0.4 is 10.1 Å². The van der Waals surface area contributed by atoms with Crippen LogP contribution in [0.2, 0.25) is 0 Å². The molecule has 0 heterocycles. The Morgan fingerprint density at radius 2 is 2.32 bits per heavy atom. The minimum absolute atomic E-state index is 0.260. The molecule has 0 bridgehead atoms. The van der Waals surface area contributed by atoms with Crippen LogP contribution in [0.25, 0.3) is 0 Å². The second kappa shape index (κ2) is 6.39. The molecule has 1 N–H and O–H groups in total. The molecule has 1 aliphatic carbocycles. The first kappa shape index (κ1) is 13.6. The topological polar surface area (TPSA) is 54.3 Å². The Bertz CT molecular complexity index is 469. The van der Waals surface area contributed by atoms with E-state index in [-0.39, 0.29) is 12.4 Å². The van der Waals surface area contributed by atoms with Gasteiger partial charge in [0.2, 0.25) is 0 Å². The van der Waals surface area contributed by atoms with Gasteiger partial charge in [-0.3, -0.25) is 0 Å². The normalized spacial score (nSPS) is 15.6. The number of nitrogens with zero attached hydrogens (tertiary/aromatic N) is 1. The minimum Gasteiger partial charge on any atom is -0.491 e. The standard InChI is InChI=1S/C14H17FN2O2/c1-18-9-12(7-16)17-13-5-4-11(15)6-14(13)19-8-10-2-3-10/h4-6,10,12,17H,2-3,8-9H2,1H3. The molecule has 1 aromatic rings. The average molecular weight is 264 g/mol. The van der Waals surface area contributed by atoms with Crippen LogP contribution in [0, 0.1) is 23.1 Å². The predicted octanol–water partition coefficient (Wildman–Crippen LogP) is 2.56. The lowest BCUT2D eigenvalue weighted by Crippen LogP contribution is -2.23. The molecule has 5 heteroatoms. The predicted molar refractivity (Wildman–Crippen MR) is 69.5 cm³/mol. The van der Waals surface area contributed by atoms with Gasteiger partial charge in [-0.05, 0) is 30.9 Å². The van der Waals surface area contributed by atoms with Crippen LogP contribution in [-0.2, 0) is 4.74 Å². The zero-order valence-corrected chi connectivity index (χ0v) is 10.9. The number of benzene rings is 1. The van der Waals surface area contributed by atoms with Gasteiger partial charge in [-0.15, -0.1) is 0 Å². The van der Waals surface area contributed by atoms with Crippen molar-refractivity contribution in [2.24, 2.45) is 5.92 Å². The molecule has 1 aromatic carbocycles. The molecule has 0 spiro atoms. The van der Waals surface area contributed by atoms with Crippen molar-refractivity contribution in [3.8, 4) is 11.8 Å². The number of nitriles is 1. The summed E-state index contributed by atoms with van der Waals surface area (Å²) in [5.41, 5.74) is 0.616. The monoisotopic (exact) mass is 264 g/mol. The van der Waals surface area contributed by atoms with Gasteiger partial charge in [0.1, 0.15) is 17.6 Å². The second-order valence-corrected chi connectivity index (χ2v) is 4.68. The number of methoxy groups -OCH3 is 1. The van der Waals surface area contributed by atoms with Gasteiger partial charge in [0.15, 0.2) is 0 Å². The Morgan fingerprint density at radius 1 is 1.53 bits per heavy atom. The van der Waals surface area contributed by atoms with Crippen molar-refractivity contribution >= 4 is 5.69 Å². The van der Waals surface area contributed by atoms with E-state index in [1.165, 1.54) is 32.1 Å². The largest absolute Gasteiger partial charge is 0.491 e. The van der Waals surface area contributed by atoms with Crippen LogP contribution in [-0.4, -0.2) is 26.4 Å². The molecule has 102 valence electrons. The van der Waals surface area contributed by atoms with Gasteiger partial charge in [0.05, 0.1) is 25.0 Å². The zero-order chi connectivity index (χ0) is 13.7. The van der Waals surface area contributed by atoms with Crippen molar-refractivity contribution in [2.45, 2.75) is 18.9 Å². The van der Waals surface area contributed by atoms with Crippen molar-refractivity contribution in [1.29, 1.82) is 5.26 Å². The Balaban J connectivity index is 2.06. The highest BCUT2D eigenvalue weighted by Gasteiger charge is 2.22. The van der Waals surface area contributed by atoms with Crippen LogP contribution in [0.3, 0.4) is 0 Å². The molecule has 2 rings (SSSR count). The molecule has 19 heavy (non-hydrogen) atoms. The first-order valence-corrected chi connectivity index (χ1v) is 6.30. The van der Waals surface area contributed by atoms with E-state index in [0.717, 1.165) is 0 Å². The fourth-order valence-corrected chi connectivity index (χ4v) is 1.69. The summed E-state index contributed by atoms with van der Waals surface area (Å²) < 4.78 is 23.8. The smallest absolute Gasteiger partial charge is 0.145 e. The Morgan fingerprint density at radius 3 is 2.95 bits per heavy atom. The molecule has 1 unspecified atom stereocenters. The van der Waals surface area contributed by atoms with Crippen LogP contribution in [0.4, 0.5) is 10.1 Å². The Labute approximate surface area is 112 Å². The Hall–Kier alpha value is -1.80. The fraction of sp³-hybridized carbons (Fsp3) is 0.500. The lowest BCUT2D eigenvalue weighted by atomic mass is 10.2. The van der Waals surface area contributed by atoms with Gasteiger partial charge >= 0.3 is 0 Å². The summed E-state index contributed by atoms with van der Waals surface area (Å²) in [5, 5.41) is 12.0. The number of nitrogens with one attached hydrogen (secondary N) is 1. The van der Waals surface area contributed by atoms with Crippen molar-refractivity contribution in [1.82, 2.24) is 0 Å². The first-order chi connectivity index (χ1) is 9.22. The molecule has 1 saturated carbocycles. The maximum absolute atomic E-state index is 13.3. The molecular weight excluding hydrogens is 247 g/mol. The maximum Gasteiger partial charge on any atom is 0.145 e. The van der Waals surface area contributed by atoms with E-state index >= 15 is 0 Å². The summed E-state index contributed by atoms with van der Waals surface area (Å²) in [4.78, 5) is 0. The molecular formula is C14H17FN2O2. The van der Waals surface area contributed by atoms with Crippen molar-refractivity contribution in [3.63, 3.8) is 0 Å². The van der Waals surface area contributed by atoms with Gasteiger partial charge in [-0.25, -0.2) is 4.39 Å². The quantitative estimate of drug-likeness (QED) is 0.822. The van der Waals surface area contributed by atoms with Gasteiger partial charge in [0, 0.05) is 13.2 Å². The molecule has 1 atom stereocenters. The summed E-state index contributed by atoms with van der Waals surface area (Å²) in [6.07, 6.45) is 2.34. The van der Waals surface area contributed by atoms with Gasteiger partial charge in [-0.2, -0.15) is 5.26 Å². The summed E-state index contributed by atoms with van der Waals surface area (Å²) in [7, 11) is 1.53. The van der Waals surface area contributed by atoms with Crippen LogP contribution in [0.5, 0.6) is 5.75 Å². The summed E-state index contributed by atoms with van der Waals surface area (Å²) in [6.45, 7) is 0.857. The van der Waals surface area contributed by atoms with E-state index in [2.05, 4.69) is 11.4 Å². The highest BCUT2D eigenvalue weighted by Crippen LogP contribution is 2.32. The number of halogens is 1. The third-order valence-corrected chi connectivity index (χ3v) is 2.93. The summed E-state index contributed by atoms with van der Waals surface area (Å²) in [5.74, 6) is 0.682. The van der Waals surface area contributed by atoms with E-state index < -0.39 is 6.04 Å². The molecule has 0 aromatic heterocycles. The van der Waals surface area contributed by atoms with Crippen LogP contribution >= 0.6 is 0 Å². The minimum atomic E-state index is -0.487. The van der Waals surface area contributed by atoms with Crippen molar-refractivity contribution < 1.29 is 13.9 Å². The van der Waals surface area contributed by atoms with Gasteiger partial charge < -0.3 is 14.8 Å². The average Bonchev–Trinajstić information content (AvgIpc) is 3.22.